The van der Waals surface area contributed by atoms with Crippen LogP contribution in [0, 0.1) is 5.82 Å². The van der Waals surface area contributed by atoms with Crippen LogP contribution in [0.25, 0.3) is 0 Å². The molecule has 0 saturated heterocycles. The second-order valence-corrected chi connectivity index (χ2v) is 4.90. The van der Waals surface area contributed by atoms with E-state index in [0.29, 0.717) is 17.2 Å². The van der Waals surface area contributed by atoms with E-state index < -0.39 is 11.9 Å². The highest BCUT2D eigenvalue weighted by atomic mass is 19.1. The quantitative estimate of drug-likeness (QED) is 0.858. The van der Waals surface area contributed by atoms with Gasteiger partial charge in [-0.3, -0.25) is 4.79 Å². The first-order chi connectivity index (χ1) is 11.0. The smallest absolute Gasteiger partial charge is 0.246 e. The van der Waals surface area contributed by atoms with Gasteiger partial charge in [-0.1, -0.05) is 12.1 Å². The molecule has 0 aromatic heterocycles. The zero-order valence-electron chi connectivity index (χ0n) is 13.2. The van der Waals surface area contributed by atoms with Gasteiger partial charge in [-0.05, 0) is 31.2 Å². The van der Waals surface area contributed by atoms with Crippen LogP contribution in [0.5, 0.6) is 11.5 Å². The van der Waals surface area contributed by atoms with Crippen LogP contribution >= 0.6 is 0 Å². The number of rotatable bonds is 6. The van der Waals surface area contributed by atoms with Gasteiger partial charge >= 0.3 is 0 Å². The van der Waals surface area contributed by atoms with Crippen molar-refractivity contribution >= 4 is 17.3 Å². The number of para-hydroxylation sites is 1. The number of anilines is 2. The lowest BCUT2D eigenvalue weighted by Crippen LogP contribution is -2.32. The molecule has 0 fully saturated rings. The molecule has 0 radical (unpaired) electrons. The first-order valence-electron chi connectivity index (χ1n) is 7.09. The van der Waals surface area contributed by atoms with Gasteiger partial charge in [0.1, 0.15) is 11.9 Å². The van der Waals surface area contributed by atoms with Crippen molar-refractivity contribution < 1.29 is 18.7 Å². The average Bonchev–Trinajstić information content (AvgIpc) is 2.56. The molecule has 0 unspecified atom stereocenters. The number of hydrogen-bond donors (Lipinski definition) is 2. The van der Waals surface area contributed by atoms with Gasteiger partial charge in [-0.15, -0.1) is 0 Å². The summed E-state index contributed by atoms with van der Waals surface area (Å²) in [5.74, 6) is 0.338. The number of ether oxygens (including phenoxy) is 2. The van der Waals surface area contributed by atoms with E-state index in [1.165, 1.54) is 19.2 Å². The first-order valence-corrected chi connectivity index (χ1v) is 7.09. The van der Waals surface area contributed by atoms with Crippen LogP contribution in [0.4, 0.5) is 15.8 Å². The van der Waals surface area contributed by atoms with Gasteiger partial charge in [-0.25, -0.2) is 4.39 Å². The largest absolute Gasteiger partial charge is 0.493 e. The number of halogens is 1. The number of benzene rings is 2. The number of methoxy groups -OCH3 is 2. The minimum Gasteiger partial charge on any atom is -0.493 e. The van der Waals surface area contributed by atoms with E-state index in [1.807, 2.05) is 0 Å². The molecule has 0 spiro atoms. The van der Waals surface area contributed by atoms with Crippen molar-refractivity contribution in [3.63, 3.8) is 0 Å². The fourth-order valence-electron chi connectivity index (χ4n) is 2.05. The van der Waals surface area contributed by atoms with Crippen molar-refractivity contribution in [3.8, 4) is 11.5 Å². The predicted molar refractivity (Wildman–Crippen MR) is 87.7 cm³/mol. The Morgan fingerprint density at radius 1 is 1.09 bits per heavy atom. The minimum absolute atomic E-state index is 0.151. The molecular weight excluding hydrogens is 299 g/mol. The molecule has 1 atom stereocenters. The summed E-state index contributed by atoms with van der Waals surface area (Å²) < 4.78 is 23.9. The number of amides is 1. The van der Waals surface area contributed by atoms with Crippen molar-refractivity contribution in [2.75, 3.05) is 24.9 Å². The van der Waals surface area contributed by atoms with E-state index >= 15 is 0 Å². The highest BCUT2D eigenvalue weighted by molar-refractivity contribution is 5.96. The van der Waals surface area contributed by atoms with Crippen molar-refractivity contribution in [1.82, 2.24) is 0 Å². The van der Waals surface area contributed by atoms with E-state index in [1.54, 1.807) is 44.4 Å². The maximum atomic E-state index is 13.6. The lowest BCUT2D eigenvalue weighted by atomic mass is 10.2. The summed E-state index contributed by atoms with van der Waals surface area (Å²) in [6.45, 7) is 1.69. The molecule has 0 aliphatic heterocycles. The first kappa shape index (κ1) is 16.6. The van der Waals surface area contributed by atoms with E-state index in [2.05, 4.69) is 10.6 Å². The molecule has 0 saturated carbocycles. The van der Waals surface area contributed by atoms with E-state index in [4.69, 9.17) is 9.47 Å². The zero-order chi connectivity index (χ0) is 16.8. The molecule has 2 N–H and O–H groups in total. The van der Waals surface area contributed by atoms with Crippen LogP contribution in [0.2, 0.25) is 0 Å². The highest BCUT2D eigenvalue weighted by Crippen LogP contribution is 2.30. The van der Waals surface area contributed by atoms with Crippen LogP contribution in [0.3, 0.4) is 0 Å². The van der Waals surface area contributed by atoms with Gasteiger partial charge in [0.05, 0.1) is 19.9 Å². The van der Waals surface area contributed by atoms with Crippen molar-refractivity contribution in [2.24, 2.45) is 0 Å². The normalized spacial score (nSPS) is 11.5. The Balaban J connectivity index is 2.05. The Labute approximate surface area is 134 Å². The fourth-order valence-corrected chi connectivity index (χ4v) is 2.05. The third-order valence-corrected chi connectivity index (χ3v) is 3.29. The molecule has 0 aliphatic carbocycles. The Hall–Kier alpha value is -2.76. The third kappa shape index (κ3) is 4.12. The molecule has 122 valence electrons. The summed E-state index contributed by atoms with van der Waals surface area (Å²) in [6.07, 6.45) is 0. The maximum absolute atomic E-state index is 13.6. The summed E-state index contributed by atoms with van der Waals surface area (Å²) in [7, 11) is 3.09. The van der Waals surface area contributed by atoms with Crippen LogP contribution < -0.4 is 20.1 Å². The Kier molecular flexibility index (Phi) is 5.41. The van der Waals surface area contributed by atoms with Gasteiger partial charge < -0.3 is 20.1 Å². The topological polar surface area (TPSA) is 59.6 Å². The summed E-state index contributed by atoms with van der Waals surface area (Å²) in [5, 5.41) is 5.59. The lowest BCUT2D eigenvalue weighted by molar-refractivity contribution is -0.116. The zero-order valence-corrected chi connectivity index (χ0v) is 13.2. The van der Waals surface area contributed by atoms with E-state index in [0.717, 1.165) is 0 Å². The van der Waals surface area contributed by atoms with Crippen molar-refractivity contribution in [2.45, 2.75) is 13.0 Å². The SMILES string of the molecule is COc1ccc(N[C@@H](C)C(=O)Nc2ccccc2F)cc1OC. The number of nitrogens with one attached hydrogen (secondary N) is 2. The third-order valence-electron chi connectivity index (χ3n) is 3.29. The maximum Gasteiger partial charge on any atom is 0.246 e. The van der Waals surface area contributed by atoms with Gasteiger partial charge in [0, 0.05) is 11.8 Å². The Bertz CT molecular complexity index is 691. The van der Waals surface area contributed by atoms with Gasteiger partial charge in [0.15, 0.2) is 11.5 Å². The second kappa shape index (κ2) is 7.49. The molecular formula is C17H19FN2O3. The Morgan fingerprint density at radius 2 is 1.78 bits per heavy atom. The second-order valence-electron chi connectivity index (χ2n) is 4.90. The molecule has 2 rings (SSSR count). The molecule has 23 heavy (non-hydrogen) atoms. The van der Waals surface area contributed by atoms with Crippen molar-refractivity contribution in [1.29, 1.82) is 0 Å². The van der Waals surface area contributed by atoms with Crippen LogP contribution in [0.1, 0.15) is 6.92 Å². The van der Waals surface area contributed by atoms with Crippen LogP contribution in [0.15, 0.2) is 42.5 Å². The highest BCUT2D eigenvalue weighted by Gasteiger charge is 2.15. The molecule has 0 aliphatic rings. The monoisotopic (exact) mass is 318 g/mol. The number of hydrogen-bond acceptors (Lipinski definition) is 4. The molecule has 2 aromatic rings. The summed E-state index contributed by atoms with van der Waals surface area (Å²) in [5.41, 5.74) is 0.845. The molecule has 0 bridgehead atoms. The lowest BCUT2D eigenvalue weighted by Gasteiger charge is -2.17. The summed E-state index contributed by atoms with van der Waals surface area (Å²) >= 11 is 0. The van der Waals surface area contributed by atoms with Crippen molar-refractivity contribution in [3.05, 3.63) is 48.3 Å². The standard InChI is InChI=1S/C17H19FN2O3/c1-11(17(21)20-14-7-5-4-6-13(14)18)19-12-8-9-15(22-2)16(10-12)23-3/h4-11,19H,1-3H3,(H,20,21)/t11-/m0/s1. The Morgan fingerprint density at radius 3 is 2.43 bits per heavy atom. The van der Waals surface area contributed by atoms with Gasteiger partial charge in [0.25, 0.3) is 0 Å². The number of carbonyl (C=O) groups is 1. The fraction of sp³-hybridized carbons (Fsp3) is 0.235. The molecule has 6 heteroatoms. The van der Waals surface area contributed by atoms with E-state index in [9.17, 15) is 9.18 Å². The average molecular weight is 318 g/mol. The van der Waals surface area contributed by atoms with E-state index in [-0.39, 0.29) is 11.6 Å². The molecule has 1 amide bonds. The van der Waals surface area contributed by atoms with Gasteiger partial charge in [0.2, 0.25) is 5.91 Å². The van der Waals surface area contributed by atoms with Crippen LogP contribution in [-0.2, 0) is 4.79 Å². The summed E-state index contributed by atoms with van der Waals surface area (Å²) in [6, 6.07) is 10.7. The molecule has 0 heterocycles. The minimum atomic E-state index is -0.562. The van der Waals surface area contributed by atoms with Crippen LogP contribution in [-0.4, -0.2) is 26.2 Å². The van der Waals surface area contributed by atoms with Gasteiger partial charge in [-0.2, -0.15) is 0 Å². The predicted octanol–water partition coefficient (Wildman–Crippen LogP) is 3.28. The molecule has 5 nitrogen and oxygen atoms in total. The summed E-state index contributed by atoms with van der Waals surface area (Å²) in [4.78, 5) is 12.2. The number of carbonyl (C=O) groups excluding carboxylic acids is 1. The molecule has 2 aromatic carbocycles.